The highest BCUT2D eigenvalue weighted by atomic mass is 35.5. The van der Waals surface area contributed by atoms with Crippen LogP contribution in [0, 0.1) is 0 Å². The molecule has 0 spiro atoms. The van der Waals surface area contributed by atoms with Crippen molar-refractivity contribution in [2.75, 3.05) is 19.6 Å². The van der Waals surface area contributed by atoms with Gasteiger partial charge in [-0.3, -0.25) is 4.79 Å². The number of hydrogen-bond acceptors (Lipinski definition) is 3. The number of piperidine rings is 1. The number of likely N-dealkylation sites (tertiary alicyclic amines) is 1. The van der Waals surface area contributed by atoms with Crippen LogP contribution in [-0.4, -0.2) is 35.4 Å². The highest BCUT2D eigenvalue weighted by Crippen LogP contribution is 2.33. The van der Waals surface area contributed by atoms with Crippen LogP contribution in [0.25, 0.3) is 0 Å². The molecule has 0 saturated carbocycles. The summed E-state index contributed by atoms with van der Waals surface area (Å²) < 4.78 is 0. The maximum Gasteiger partial charge on any atom is 0.162 e. The SMILES string of the molecule is CCc1ccc(C(=O)CCCN2CCC(O)(c3ccc(Cl)cc3)CC2)cc1. The molecular weight excluding hydrogens is 358 g/mol. The fraction of sp³-hybridized carbons (Fsp3) is 0.435. The second-order valence-electron chi connectivity index (χ2n) is 7.46. The minimum Gasteiger partial charge on any atom is -0.385 e. The van der Waals surface area contributed by atoms with Crippen LogP contribution in [-0.2, 0) is 12.0 Å². The Balaban J connectivity index is 1.44. The number of halogens is 1. The molecule has 0 bridgehead atoms. The molecule has 0 radical (unpaired) electrons. The number of carbonyl (C=O) groups is 1. The van der Waals surface area contributed by atoms with E-state index >= 15 is 0 Å². The predicted molar refractivity (Wildman–Crippen MR) is 110 cm³/mol. The summed E-state index contributed by atoms with van der Waals surface area (Å²) in [5.41, 5.74) is 2.24. The quantitative estimate of drug-likeness (QED) is 0.692. The predicted octanol–water partition coefficient (Wildman–Crippen LogP) is 4.85. The number of benzene rings is 2. The molecule has 1 aliphatic rings. The maximum atomic E-state index is 12.3. The first-order chi connectivity index (χ1) is 13.0. The summed E-state index contributed by atoms with van der Waals surface area (Å²) in [4.78, 5) is 14.7. The molecule has 0 amide bonds. The van der Waals surface area contributed by atoms with E-state index in [2.05, 4.69) is 11.8 Å². The molecular formula is C23H28ClNO2. The van der Waals surface area contributed by atoms with Gasteiger partial charge < -0.3 is 10.0 Å². The number of ketones is 1. The number of aliphatic hydroxyl groups is 1. The van der Waals surface area contributed by atoms with E-state index in [0.717, 1.165) is 43.6 Å². The van der Waals surface area contributed by atoms with Gasteiger partial charge in [-0.1, -0.05) is 54.9 Å². The van der Waals surface area contributed by atoms with Gasteiger partial charge in [0.15, 0.2) is 5.78 Å². The summed E-state index contributed by atoms with van der Waals surface area (Å²) in [6.45, 7) is 4.70. The molecule has 1 aliphatic heterocycles. The molecule has 0 aliphatic carbocycles. The molecule has 1 heterocycles. The summed E-state index contributed by atoms with van der Waals surface area (Å²) in [7, 11) is 0. The van der Waals surface area contributed by atoms with Crippen molar-refractivity contribution in [2.45, 2.75) is 44.6 Å². The van der Waals surface area contributed by atoms with Crippen molar-refractivity contribution in [3.63, 3.8) is 0 Å². The van der Waals surface area contributed by atoms with Gasteiger partial charge in [-0.25, -0.2) is 0 Å². The minimum absolute atomic E-state index is 0.215. The van der Waals surface area contributed by atoms with Crippen molar-refractivity contribution < 1.29 is 9.90 Å². The lowest BCUT2D eigenvalue weighted by atomic mass is 9.84. The first-order valence-electron chi connectivity index (χ1n) is 9.83. The molecule has 0 aromatic heterocycles. The van der Waals surface area contributed by atoms with Crippen molar-refractivity contribution in [3.05, 3.63) is 70.2 Å². The zero-order valence-electron chi connectivity index (χ0n) is 16.0. The number of carbonyl (C=O) groups excluding carboxylic acids is 1. The van der Waals surface area contributed by atoms with Gasteiger partial charge in [0, 0.05) is 30.1 Å². The second-order valence-corrected chi connectivity index (χ2v) is 7.89. The zero-order chi connectivity index (χ0) is 19.3. The Bertz CT molecular complexity index is 747. The molecule has 144 valence electrons. The van der Waals surface area contributed by atoms with Crippen molar-refractivity contribution in [1.82, 2.24) is 4.90 Å². The second kappa shape index (κ2) is 9.01. The summed E-state index contributed by atoms with van der Waals surface area (Å²) in [5, 5.41) is 11.6. The van der Waals surface area contributed by atoms with Crippen LogP contribution in [0.4, 0.5) is 0 Å². The summed E-state index contributed by atoms with van der Waals surface area (Å²) in [5.74, 6) is 0.215. The largest absolute Gasteiger partial charge is 0.385 e. The van der Waals surface area contributed by atoms with Gasteiger partial charge in [0.2, 0.25) is 0 Å². The Morgan fingerprint density at radius 1 is 1.07 bits per heavy atom. The van der Waals surface area contributed by atoms with E-state index in [-0.39, 0.29) is 5.78 Å². The first-order valence-corrected chi connectivity index (χ1v) is 10.2. The normalized spacial score (nSPS) is 17.0. The zero-order valence-corrected chi connectivity index (χ0v) is 16.7. The number of nitrogens with zero attached hydrogens (tertiary/aromatic N) is 1. The van der Waals surface area contributed by atoms with Gasteiger partial charge in [0.1, 0.15) is 0 Å². The van der Waals surface area contributed by atoms with E-state index < -0.39 is 5.60 Å². The molecule has 3 rings (SSSR count). The van der Waals surface area contributed by atoms with Crippen molar-refractivity contribution >= 4 is 17.4 Å². The van der Waals surface area contributed by atoms with Crippen LogP contribution in [0.2, 0.25) is 5.02 Å². The van der Waals surface area contributed by atoms with Crippen molar-refractivity contribution in [2.24, 2.45) is 0 Å². The maximum absolute atomic E-state index is 12.3. The van der Waals surface area contributed by atoms with Crippen molar-refractivity contribution in [1.29, 1.82) is 0 Å². The minimum atomic E-state index is -0.766. The third-order valence-corrected chi connectivity index (χ3v) is 5.88. The Morgan fingerprint density at radius 3 is 2.30 bits per heavy atom. The fourth-order valence-electron chi connectivity index (χ4n) is 3.73. The molecule has 1 N–H and O–H groups in total. The standard InChI is InChI=1S/C23H28ClNO2/c1-2-18-5-7-19(8-6-18)22(26)4-3-15-25-16-13-23(27,14-17-25)20-9-11-21(24)12-10-20/h5-12,27H,2-4,13-17H2,1H3. The summed E-state index contributed by atoms with van der Waals surface area (Å²) >= 11 is 5.94. The molecule has 0 unspecified atom stereocenters. The van der Waals surface area contributed by atoms with E-state index in [1.165, 1.54) is 5.56 Å². The lowest BCUT2D eigenvalue weighted by Gasteiger charge is -2.38. The van der Waals surface area contributed by atoms with Gasteiger partial charge in [-0.15, -0.1) is 0 Å². The van der Waals surface area contributed by atoms with Crippen LogP contribution in [0.15, 0.2) is 48.5 Å². The third kappa shape index (κ3) is 5.19. The van der Waals surface area contributed by atoms with E-state index in [1.807, 2.05) is 48.5 Å². The monoisotopic (exact) mass is 385 g/mol. The fourth-order valence-corrected chi connectivity index (χ4v) is 3.86. The highest BCUT2D eigenvalue weighted by molar-refractivity contribution is 6.30. The van der Waals surface area contributed by atoms with Crippen LogP contribution >= 0.6 is 11.6 Å². The van der Waals surface area contributed by atoms with Crippen LogP contribution in [0.1, 0.15) is 54.1 Å². The van der Waals surface area contributed by atoms with Gasteiger partial charge >= 0.3 is 0 Å². The first kappa shape index (κ1) is 20.1. The molecule has 1 fully saturated rings. The number of aryl methyl sites for hydroxylation is 1. The number of hydrogen-bond donors (Lipinski definition) is 1. The average Bonchev–Trinajstić information content (AvgIpc) is 2.70. The number of rotatable bonds is 7. The van der Waals surface area contributed by atoms with Crippen molar-refractivity contribution in [3.8, 4) is 0 Å². The molecule has 0 atom stereocenters. The van der Waals surface area contributed by atoms with Gasteiger partial charge in [-0.05, 0) is 55.5 Å². The molecule has 1 saturated heterocycles. The molecule has 3 nitrogen and oxygen atoms in total. The van der Waals surface area contributed by atoms with E-state index in [0.29, 0.717) is 24.3 Å². The Labute approximate surface area is 167 Å². The highest BCUT2D eigenvalue weighted by Gasteiger charge is 2.33. The topological polar surface area (TPSA) is 40.5 Å². The summed E-state index contributed by atoms with van der Waals surface area (Å²) in [6, 6.07) is 15.5. The molecule has 2 aromatic rings. The lowest BCUT2D eigenvalue weighted by Crippen LogP contribution is -2.42. The van der Waals surface area contributed by atoms with E-state index in [4.69, 9.17) is 11.6 Å². The lowest BCUT2D eigenvalue weighted by molar-refractivity contribution is -0.0260. The van der Waals surface area contributed by atoms with Gasteiger partial charge in [0.25, 0.3) is 0 Å². The van der Waals surface area contributed by atoms with E-state index in [9.17, 15) is 9.90 Å². The number of Topliss-reactive ketones (excluding diaryl/α,β-unsaturated/α-hetero) is 1. The van der Waals surface area contributed by atoms with Crippen LogP contribution in [0.3, 0.4) is 0 Å². The molecule has 4 heteroatoms. The third-order valence-electron chi connectivity index (χ3n) is 5.63. The van der Waals surface area contributed by atoms with Gasteiger partial charge in [-0.2, -0.15) is 0 Å². The average molecular weight is 386 g/mol. The Morgan fingerprint density at radius 2 is 1.70 bits per heavy atom. The van der Waals surface area contributed by atoms with Crippen LogP contribution in [0.5, 0.6) is 0 Å². The summed E-state index contributed by atoms with van der Waals surface area (Å²) in [6.07, 6.45) is 3.84. The Kier molecular flexibility index (Phi) is 6.69. The molecule has 27 heavy (non-hydrogen) atoms. The Hall–Kier alpha value is -1.68. The van der Waals surface area contributed by atoms with Gasteiger partial charge in [0.05, 0.1) is 5.60 Å². The smallest absolute Gasteiger partial charge is 0.162 e. The van der Waals surface area contributed by atoms with Crippen LogP contribution < -0.4 is 0 Å². The molecule has 2 aromatic carbocycles. The van der Waals surface area contributed by atoms with E-state index in [1.54, 1.807) is 0 Å².